The summed E-state index contributed by atoms with van der Waals surface area (Å²) in [4.78, 5) is 26.9. The van der Waals surface area contributed by atoms with Crippen LogP contribution < -0.4 is 10.6 Å². The molecule has 0 saturated carbocycles. The number of hydrogen-bond acceptors (Lipinski definition) is 4. The molecule has 0 radical (unpaired) electrons. The van der Waals surface area contributed by atoms with Crippen LogP contribution in [0.15, 0.2) is 17.5 Å². The maximum Gasteiger partial charge on any atom is 0.261 e. The second-order valence-corrected chi connectivity index (χ2v) is 6.96. The zero-order chi connectivity index (χ0) is 15.9. The summed E-state index contributed by atoms with van der Waals surface area (Å²) in [6.07, 6.45) is 2.54. The molecular weight excluding hydrogens is 298 g/mol. The van der Waals surface area contributed by atoms with Gasteiger partial charge < -0.3 is 15.5 Å². The van der Waals surface area contributed by atoms with Crippen LogP contribution >= 0.6 is 11.3 Å². The fourth-order valence-corrected chi connectivity index (χ4v) is 3.35. The third kappa shape index (κ3) is 5.10. The summed E-state index contributed by atoms with van der Waals surface area (Å²) in [6.45, 7) is 7.72. The molecule has 0 aromatic carbocycles. The van der Waals surface area contributed by atoms with Crippen molar-refractivity contribution in [3.63, 3.8) is 0 Å². The van der Waals surface area contributed by atoms with Gasteiger partial charge in [0.25, 0.3) is 5.91 Å². The number of likely N-dealkylation sites (tertiary alicyclic amines) is 1. The van der Waals surface area contributed by atoms with Crippen LogP contribution in [-0.2, 0) is 4.79 Å². The summed E-state index contributed by atoms with van der Waals surface area (Å²) in [7, 11) is 0. The minimum atomic E-state index is -0.519. The molecule has 1 aromatic heterocycles. The van der Waals surface area contributed by atoms with Crippen LogP contribution in [0.4, 0.5) is 0 Å². The van der Waals surface area contributed by atoms with Crippen molar-refractivity contribution < 1.29 is 9.59 Å². The molecule has 0 bridgehead atoms. The lowest BCUT2D eigenvalue weighted by molar-refractivity contribution is -0.122. The molecule has 2 rings (SSSR count). The van der Waals surface area contributed by atoms with Crippen LogP contribution in [0.5, 0.6) is 0 Å². The van der Waals surface area contributed by atoms with Crippen LogP contribution in [0.25, 0.3) is 0 Å². The van der Waals surface area contributed by atoms with Gasteiger partial charge in [0.2, 0.25) is 5.91 Å². The monoisotopic (exact) mass is 323 g/mol. The van der Waals surface area contributed by atoms with E-state index in [-0.39, 0.29) is 11.8 Å². The minimum absolute atomic E-state index is 0.130. The van der Waals surface area contributed by atoms with E-state index in [2.05, 4.69) is 22.5 Å². The molecule has 1 aromatic rings. The highest BCUT2D eigenvalue weighted by Gasteiger charge is 2.18. The first kappa shape index (κ1) is 17.0. The Hall–Kier alpha value is -1.40. The maximum absolute atomic E-state index is 12.0. The number of amides is 2. The average Bonchev–Trinajstić information content (AvgIpc) is 3.01. The molecule has 1 fully saturated rings. The lowest BCUT2D eigenvalue weighted by atomic mass is 10.0. The molecule has 2 N–H and O–H groups in total. The fourth-order valence-electron chi connectivity index (χ4n) is 2.72. The Balaban J connectivity index is 1.67. The number of nitrogens with one attached hydrogen (secondary N) is 2. The van der Waals surface area contributed by atoms with Crippen LogP contribution in [0.3, 0.4) is 0 Å². The third-order valence-corrected chi connectivity index (χ3v) is 4.82. The van der Waals surface area contributed by atoms with Crippen molar-refractivity contribution in [3.05, 3.63) is 22.4 Å². The molecule has 0 aliphatic carbocycles. The Morgan fingerprint density at radius 2 is 2.32 bits per heavy atom. The quantitative estimate of drug-likeness (QED) is 0.838. The van der Waals surface area contributed by atoms with Gasteiger partial charge in [-0.2, -0.15) is 0 Å². The second kappa shape index (κ2) is 8.29. The SMILES string of the molecule is CC1CCCN(CCNC(=O)C(C)NC(=O)c2cccs2)C1. The topological polar surface area (TPSA) is 61.4 Å². The summed E-state index contributed by atoms with van der Waals surface area (Å²) in [5, 5.41) is 7.47. The molecule has 6 heteroatoms. The van der Waals surface area contributed by atoms with Gasteiger partial charge in [0.1, 0.15) is 6.04 Å². The number of carbonyl (C=O) groups excluding carboxylic acids is 2. The van der Waals surface area contributed by atoms with Crippen LogP contribution in [0.1, 0.15) is 36.4 Å². The van der Waals surface area contributed by atoms with Gasteiger partial charge >= 0.3 is 0 Å². The van der Waals surface area contributed by atoms with Crippen molar-refractivity contribution in [1.29, 1.82) is 0 Å². The predicted octanol–water partition coefficient (Wildman–Crippen LogP) is 1.71. The highest BCUT2D eigenvalue weighted by molar-refractivity contribution is 7.12. The highest BCUT2D eigenvalue weighted by atomic mass is 32.1. The minimum Gasteiger partial charge on any atom is -0.353 e. The standard InChI is InChI=1S/C16H25N3O2S/c1-12-5-3-8-19(11-12)9-7-17-15(20)13(2)18-16(21)14-6-4-10-22-14/h4,6,10,12-13H,3,5,7-9,11H2,1-2H3,(H,17,20)(H,18,21). The fraction of sp³-hybridized carbons (Fsp3) is 0.625. The van der Waals surface area contributed by atoms with Crippen LogP contribution in [0.2, 0.25) is 0 Å². The van der Waals surface area contributed by atoms with Gasteiger partial charge in [0.15, 0.2) is 0 Å². The molecule has 5 nitrogen and oxygen atoms in total. The molecule has 2 amide bonds. The first-order valence-electron chi connectivity index (χ1n) is 7.90. The lowest BCUT2D eigenvalue weighted by Gasteiger charge is -2.30. The Morgan fingerprint density at radius 1 is 1.50 bits per heavy atom. The van der Waals surface area contributed by atoms with Gasteiger partial charge in [-0.25, -0.2) is 0 Å². The Morgan fingerprint density at radius 3 is 3.00 bits per heavy atom. The summed E-state index contributed by atoms with van der Waals surface area (Å²) in [5.41, 5.74) is 0. The van der Waals surface area contributed by atoms with Crippen molar-refractivity contribution >= 4 is 23.2 Å². The van der Waals surface area contributed by atoms with Crippen molar-refractivity contribution in [2.75, 3.05) is 26.2 Å². The first-order chi connectivity index (χ1) is 10.6. The van der Waals surface area contributed by atoms with E-state index in [1.165, 1.54) is 24.2 Å². The van der Waals surface area contributed by atoms with E-state index < -0.39 is 6.04 Å². The maximum atomic E-state index is 12.0. The third-order valence-electron chi connectivity index (χ3n) is 3.95. The summed E-state index contributed by atoms with van der Waals surface area (Å²) in [5.74, 6) is 0.422. The van der Waals surface area contributed by atoms with Crippen molar-refractivity contribution in [1.82, 2.24) is 15.5 Å². The van der Waals surface area contributed by atoms with Gasteiger partial charge in [0.05, 0.1) is 4.88 Å². The van der Waals surface area contributed by atoms with E-state index >= 15 is 0 Å². The number of thiophene rings is 1. The molecule has 122 valence electrons. The molecule has 1 saturated heterocycles. The van der Waals surface area contributed by atoms with E-state index in [1.54, 1.807) is 13.0 Å². The first-order valence-corrected chi connectivity index (χ1v) is 8.78. The molecule has 0 spiro atoms. The molecular formula is C16H25N3O2S. The van der Waals surface area contributed by atoms with Crippen LogP contribution in [-0.4, -0.2) is 48.9 Å². The Bertz CT molecular complexity index is 490. The zero-order valence-corrected chi connectivity index (χ0v) is 14.1. The molecule has 2 unspecified atom stereocenters. The van der Waals surface area contributed by atoms with E-state index in [0.717, 1.165) is 25.6 Å². The van der Waals surface area contributed by atoms with Crippen molar-refractivity contribution in [2.24, 2.45) is 5.92 Å². The van der Waals surface area contributed by atoms with Gasteiger partial charge in [-0.3, -0.25) is 9.59 Å². The van der Waals surface area contributed by atoms with E-state index in [1.807, 2.05) is 11.4 Å². The number of carbonyl (C=O) groups is 2. The average molecular weight is 323 g/mol. The predicted molar refractivity (Wildman–Crippen MR) is 89.1 cm³/mol. The van der Waals surface area contributed by atoms with Gasteiger partial charge in [-0.05, 0) is 43.7 Å². The lowest BCUT2D eigenvalue weighted by Crippen LogP contribution is -2.47. The highest BCUT2D eigenvalue weighted by Crippen LogP contribution is 2.14. The summed E-state index contributed by atoms with van der Waals surface area (Å²) < 4.78 is 0. The number of nitrogens with zero attached hydrogens (tertiary/aromatic N) is 1. The number of rotatable bonds is 6. The zero-order valence-electron chi connectivity index (χ0n) is 13.3. The molecule has 1 aliphatic heterocycles. The molecule has 22 heavy (non-hydrogen) atoms. The van der Waals surface area contributed by atoms with E-state index in [4.69, 9.17) is 0 Å². The summed E-state index contributed by atoms with van der Waals surface area (Å²) in [6, 6.07) is 3.06. The molecule has 2 atom stereocenters. The smallest absolute Gasteiger partial charge is 0.261 e. The van der Waals surface area contributed by atoms with E-state index in [0.29, 0.717) is 11.4 Å². The van der Waals surface area contributed by atoms with Gasteiger partial charge in [-0.15, -0.1) is 11.3 Å². The molecule has 2 heterocycles. The van der Waals surface area contributed by atoms with E-state index in [9.17, 15) is 9.59 Å². The van der Waals surface area contributed by atoms with Gasteiger partial charge in [0, 0.05) is 19.6 Å². The normalized spacial score (nSPS) is 20.4. The van der Waals surface area contributed by atoms with Gasteiger partial charge in [-0.1, -0.05) is 13.0 Å². The largest absolute Gasteiger partial charge is 0.353 e. The van der Waals surface area contributed by atoms with Crippen molar-refractivity contribution in [3.8, 4) is 0 Å². The number of hydrogen-bond donors (Lipinski definition) is 2. The Labute approximate surface area is 136 Å². The second-order valence-electron chi connectivity index (χ2n) is 6.01. The molecule has 1 aliphatic rings. The summed E-state index contributed by atoms with van der Waals surface area (Å²) >= 11 is 1.37. The Kier molecular flexibility index (Phi) is 6.39. The van der Waals surface area contributed by atoms with Crippen LogP contribution in [0, 0.1) is 5.92 Å². The van der Waals surface area contributed by atoms with Crippen molar-refractivity contribution in [2.45, 2.75) is 32.7 Å². The number of piperidine rings is 1.